The lowest BCUT2D eigenvalue weighted by atomic mass is 9.96. The molecule has 160 valence electrons. The average Bonchev–Trinajstić information content (AvgIpc) is 3.30. The average molecular weight is 427 g/mol. The van der Waals surface area contributed by atoms with Gasteiger partial charge in [0.2, 0.25) is 5.91 Å². The third kappa shape index (κ3) is 4.08. The maximum atomic E-state index is 13.1. The lowest BCUT2D eigenvalue weighted by Crippen LogP contribution is -2.18. The Bertz CT molecular complexity index is 1280. The molecule has 3 aromatic heterocycles. The number of hydrogen-bond acceptors (Lipinski definition) is 6. The fraction of sp³-hybridized carbons (Fsp3) is 0.130. The first-order valence-corrected chi connectivity index (χ1v) is 9.98. The van der Waals surface area contributed by atoms with Crippen LogP contribution >= 0.6 is 0 Å². The number of benzene rings is 1. The van der Waals surface area contributed by atoms with Crippen LogP contribution in [0.1, 0.15) is 40.6 Å². The molecule has 0 spiro atoms. The fourth-order valence-electron chi connectivity index (χ4n) is 3.35. The Hall–Kier alpha value is -4.40. The second-order valence-corrected chi connectivity index (χ2v) is 7.33. The molecule has 0 radical (unpaired) electrons. The van der Waals surface area contributed by atoms with Gasteiger partial charge in [-0.2, -0.15) is 0 Å². The van der Waals surface area contributed by atoms with Crippen molar-refractivity contribution in [2.45, 2.75) is 19.9 Å². The predicted octanol–water partition coefficient (Wildman–Crippen LogP) is 3.33. The highest BCUT2D eigenvalue weighted by Crippen LogP contribution is 2.29. The first kappa shape index (κ1) is 20.9. The minimum atomic E-state index is -0.662. The lowest BCUT2D eigenvalue weighted by molar-refractivity contribution is 0.100. The molecule has 4 rings (SSSR count). The molecule has 2 amide bonds. The van der Waals surface area contributed by atoms with Gasteiger partial charge in [0.1, 0.15) is 17.8 Å². The molecule has 0 aliphatic heterocycles. The molecule has 0 atom stereocenters. The summed E-state index contributed by atoms with van der Waals surface area (Å²) in [7, 11) is 0. The van der Waals surface area contributed by atoms with Gasteiger partial charge >= 0.3 is 0 Å². The van der Waals surface area contributed by atoms with Crippen LogP contribution < -0.4 is 11.1 Å². The molecule has 32 heavy (non-hydrogen) atoms. The summed E-state index contributed by atoms with van der Waals surface area (Å²) >= 11 is 0. The van der Waals surface area contributed by atoms with E-state index in [0.29, 0.717) is 28.6 Å². The molecule has 3 heterocycles. The van der Waals surface area contributed by atoms with Gasteiger partial charge in [0.15, 0.2) is 5.82 Å². The molecular formula is C23H21N7O2. The number of anilines is 1. The third-order valence-corrected chi connectivity index (χ3v) is 4.84. The minimum Gasteiger partial charge on any atom is -0.366 e. The van der Waals surface area contributed by atoms with Crippen LogP contribution in [-0.2, 0) is 0 Å². The largest absolute Gasteiger partial charge is 0.366 e. The highest BCUT2D eigenvalue weighted by molar-refractivity contribution is 6.12. The number of amides is 2. The SMILES string of the molecule is CC(C)n1cnnc1-c1cccc(-c2c(C(N)=O)cccc2C(=O)Nc2ccccn2)n1. The normalized spacial score (nSPS) is 10.8. The minimum absolute atomic E-state index is 0.128. The van der Waals surface area contributed by atoms with Crippen molar-refractivity contribution in [3.05, 3.63) is 78.2 Å². The van der Waals surface area contributed by atoms with Crippen molar-refractivity contribution >= 4 is 17.6 Å². The summed E-state index contributed by atoms with van der Waals surface area (Å²) in [6.07, 6.45) is 3.21. The number of carbonyl (C=O) groups is 2. The van der Waals surface area contributed by atoms with Crippen LogP contribution in [0.15, 0.2) is 67.1 Å². The summed E-state index contributed by atoms with van der Waals surface area (Å²) in [5.74, 6) is -0.123. The standard InChI is InChI=1S/C23H21N7O2/c1-14(2)30-13-26-29-22(30)18-10-6-9-17(27-18)20-15(21(24)31)7-5-8-16(20)23(32)28-19-11-3-4-12-25-19/h3-14H,1-2H3,(H2,24,31)(H,25,28,32). The Labute approximate surface area is 184 Å². The van der Waals surface area contributed by atoms with Crippen molar-refractivity contribution in [1.29, 1.82) is 0 Å². The number of pyridine rings is 2. The Balaban J connectivity index is 1.83. The molecule has 3 N–H and O–H groups in total. The molecule has 0 aliphatic rings. The number of hydrogen-bond donors (Lipinski definition) is 2. The Kier molecular flexibility index (Phi) is 5.71. The molecule has 0 unspecified atom stereocenters. The van der Waals surface area contributed by atoms with E-state index >= 15 is 0 Å². The molecule has 1 aromatic carbocycles. The molecule has 9 nitrogen and oxygen atoms in total. The van der Waals surface area contributed by atoms with Gasteiger partial charge in [-0.1, -0.05) is 18.2 Å². The molecule has 0 bridgehead atoms. The van der Waals surface area contributed by atoms with E-state index in [-0.39, 0.29) is 17.2 Å². The number of nitrogens with two attached hydrogens (primary N) is 1. The summed E-state index contributed by atoms with van der Waals surface area (Å²) in [5.41, 5.74) is 7.39. The Morgan fingerprint density at radius 3 is 2.44 bits per heavy atom. The maximum Gasteiger partial charge on any atom is 0.257 e. The second-order valence-electron chi connectivity index (χ2n) is 7.33. The van der Waals surface area contributed by atoms with Crippen molar-refractivity contribution < 1.29 is 9.59 Å². The number of nitrogens with zero attached hydrogens (tertiary/aromatic N) is 5. The van der Waals surface area contributed by atoms with E-state index in [1.807, 2.05) is 18.4 Å². The van der Waals surface area contributed by atoms with Crippen LogP contribution in [-0.4, -0.2) is 36.5 Å². The van der Waals surface area contributed by atoms with E-state index in [2.05, 4.69) is 20.5 Å². The van der Waals surface area contributed by atoms with Crippen molar-refractivity contribution in [2.75, 3.05) is 5.32 Å². The number of carbonyl (C=O) groups excluding carboxylic acids is 2. The van der Waals surface area contributed by atoms with Crippen molar-refractivity contribution in [2.24, 2.45) is 5.73 Å². The molecule has 0 saturated carbocycles. The van der Waals surface area contributed by atoms with E-state index in [1.165, 1.54) is 0 Å². The van der Waals surface area contributed by atoms with Crippen molar-refractivity contribution in [1.82, 2.24) is 24.7 Å². The number of primary amides is 1. The van der Waals surface area contributed by atoms with Gasteiger partial charge in [-0.3, -0.25) is 9.59 Å². The van der Waals surface area contributed by atoms with E-state index in [1.54, 1.807) is 67.1 Å². The van der Waals surface area contributed by atoms with E-state index in [0.717, 1.165) is 0 Å². The van der Waals surface area contributed by atoms with Gasteiger partial charge < -0.3 is 15.6 Å². The van der Waals surface area contributed by atoms with E-state index in [4.69, 9.17) is 10.7 Å². The van der Waals surface area contributed by atoms with Gasteiger partial charge in [0, 0.05) is 28.9 Å². The van der Waals surface area contributed by atoms with Gasteiger partial charge in [-0.05, 0) is 50.2 Å². The highest BCUT2D eigenvalue weighted by atomic mass is 16.2. The van der Waals surface area contributed by atoms with Crippen LogP contribution in [0.5, 0.6) is 0 Å². The van der Waals surface area contributed by atoms with Crippen LogP contribution in [0.4, 0.5) is 5.82 Å². The first-order valence-electron chi connectivity index (χ1n) is 9.98. The highest BCUT2D eigenvalue weighted by Gasteiger charge is 2.21. The molecule has 0 saturated heterocycles. The Morgan fingerprint density at radius 1 is 0.969 bits per heavy atom. The molecular weight excluding hydrogens is 406 g/mol. The third-order valence-electron chi connectivity index (χ3n) is 4.84. The molecule has 4 aromatic rings. The predicted molar refractivity (Wildman–Crippen MR) is 120 cm³/mol. The monoisotopic (exact) mass is 427 g/mol. The van der Waals surface area contributed by atoms with Crippen LogP contribution in [0.2, 0.25) is 0 Å². The van der Waals surface area contributed by atoms with Gasteiger partial charge in [-0.25, -0.2) is 9.97 Å². The quantitative estimate of drug-likeness (QED) is 0.486. The zero-order valence-electron chi connectivity index (χ0n) is 17.6. The molecule has 0 fully saturated rings. The van der Waals surface area contributed by atoms with Gasteiger partial charge in [0.25, 0.3) is 5.91 Å². The second kappa shape index (κ2) is 8.76. The summed E-state index contributed by atoms with van der Waals surface area (Å²) in [5, 5.41) is 10.9. The number of rotatable bonds is 6. The first-order chi connectivity index (χ1) is 15.5. The molecule has 0 aliphatic carbocycles. The summed E-state index contributed by atoms with van der Waals surface area (Å²) in [4.78, 5) is 34.1. The van der Waals surface area contributed by atoms with Crippen molar-refractivity contribution in [3.63, 3.8) is 0 Å². The van der Waals surface area contributed by atoms with Crippen LogP contribution in [0.3, 0.4) is 0 Å². The van der Waals surface area contributed by atoms with Gasteiger partial charge in [-0.15, -0.1) is 10.2 Å². The zero-order chi connectivity index (χ0) is 22.7. The van der Waals surface area contributed by atoms with Gasteiger partial charge in [0.05, 0.1) is 5.69 Å². The molecule has 9 heteroatoms. The smallest absolute Gasteiger partial charge is 0.257 e. The number of aromatic nitrogens is 5. The summed E-state index contributed by atoms with van der Waals surface area (Å²) in [6, 6.07) is 15.4. The van der Waals surface area contributed by atoms with E-state index in [9.17, 15) is 9.59 Å². The lowest BCUT2D eigenvalue weighted by Gasteiger charge is -2.14. The topological polar surface area (TPSA) is 129 Å². The maximum absolute atomic E-state index is 13.1. The van der Waals surface area contributed by atoms with Crippen LogP contribution in [0, 0.1) is 0 Å². The Morgan fingerprint density at radius 2 is 1.72 bits per heavy atom. The summed E-state index contributed by atoms with van der Waals surface area (Å²) < 4.78 is 1.89. The van der Waals surface area contributed by atoms with Crippen LogP contribution in [0.25, 0.3) is 22.8 Å². The van der Waals surface area contributed by atoms with E-state index < -0.39 is 11.8 Å². The fourth-order valence-corrected chi connectivity index (χ4v) is 3.35. The van der Waals surface area contributed by atoms with Crippen molar-refractivity contribution in [3.8, 4) is 22.8 Å². The summed E-state index contributed by atoms with van der Waals surface area (Å²) in [6.45, 7) is 4.03. The zero-order valence-corrected chi connectivity index (χ0v) is 17.6. The number of nitrogens with one attached hydrogen (secondary N) is 1.